The number of rotatable bonds is 5. The third-order valence-electron chi connectivity index (χ3n) is 5.75. The number of benzene rings is 2. The number of nitrogens with zero attached hydrogens (tertiary/aromatic N) is 1. The molecule has 5 nitrogen and oxygen atoms in total. The lowest BCUT2D eigenvalue weighted by atomic mass is 9.92. The van der Waals surface area contributed by atoms with Gasteiger partial charge in [0.1, 0.15) is 5.75 Å². The van der Waals surface area contributed by atoms with E-state index in [2.05, 4.69) is 12.1 Å². The predicted molar refractivity (Wildman–Crippen MR) is 107 cm³/mol. The molecule has 0 N–H and O–H groups in total. The van der Waals surface area contributed by atoms with Gasteiger partial charge in [0.15, 0.2) is 18.1 Å². The van der Waals surface area contributed by atoms with Crippen molar-refractivity contribution in [2.75, 3.05) is 27.4 Å². The topological polar surface area (TPSA) is 48.0 Å². The van der Waals surface area contributed by atoms with Crippen molar-refractivity contribution in [3.63, 3.8) is 0 Å². The van der Waals surface area contributed by atoms with Gasteiger partial charge < -0.3 is 19.1 Å². The monoisotopic (exact) mass is 381 g/mol. The summed E-state index contributed by atoms with van der Waals surface area (Å²) in [5, 5.41) is 0. The maximum Gasteiger partial charge on any atom is 0.260 e. The van der Waals surface area contributed by atoms with Crippen LogP contribution in [0.3, 0.4) is 0 Å². The molecule has 28 heavy (non-hydrogen) atoms. The quantitative estimate of drug-likeness (QED) is 0.795. The molecule has 0 radical (unpaired) electrons. The van der Waals surface area contributed by atoms with E-state index in [0.717, 1.165) is 36.3 Å². The SMILES string of the molecule is COc1cc2c(cc1OC)CN(C(=O)COc1ccc3c(c1)CCCC3)CC2. The average Bonchev–Trinajstić information content (AvgIpc) is 2.75. The Morgan fingerprint density at radius 3 is 2.32 bits per heavy atom. The zero-order valence-electron chi connectivity index (χ0n) is 16.6. The molecule has 1 aliphatic carbocycles. The number of carbonyl (C=O) groups is 1. The maximum absolute atomic E-state index is 12.7. The summed E-state index contributed by atoms with van der Waals surface area (Å²) in [6.45, 7) is 1.33. The van der Waals surface area contributed by atoms with E-state index in [-0.39, 0.29) is 12.5 Å². The lowest BCUT2D eigenvalue weighted by Gasteiger charge is -2.29. The van der Waals surface area contributed by atoms with Gasteiger partial charge in [-0.2, -0.15) is 0 Å². The number of methoxy groups -OCH3 is 2. The minimum atomic E-state index is 0.0122. The van der Waals surface area contributed by atoms with Crippen molar-refractivity contribution in [1.82, 2.24) is 4.90 Å². The first-order valence-electron chi connectivity index (χ1n) is 9.94. The first-order chi connectivity index (χ1) is 13.7. The fourth-order valence-electron chi connectivity index (χ4n) is 4.13. The molecule has 1 amide bonds. The van der Waals surface area contributed by atoms with Crippen LogP contribution in [0.25, 0.3) is 0 Å². The van der Waals surface area contributed by atoms with Gasteiger partial charge in [-0.15, -0.1) is 0 Å². The second kappa shape index (κ2) is 8.13. The second-order valence-corrected chi connectivity index (χ2v) is 7.47. The van der Waals surface area contributed by atoms with E-state index in [9.17, 15) is 4.79 Å². The van der Waals surface area contributed by atoms with Crippen molar-refractivity contribution in [3.8, 4) is 17.2 Å². The van der Waals surface area contributed by atoms with Gasteiger partial charge in [-0.3, -0.25) is 4.79 Å². The molecule has 0 unspecified atom stereocenters. The molecule has 1 heterocycles. The zero-order valence-corrected chi connectivity index (χ0v) is 16.6. The van der Waals surface area contributed by atoms with Crippen molar-refractivity contribution in [3.05, 3.63) is 52.6 Å². The molecule has 0 saturated heterocycles. The fourth-order valence-corrected chi connectivity index (χ4v) is 4.13. The number of fused-ring (bicyclic) bond motifs is 2. The summed E-state index contributed by atoms with van der Waals surface area (Å²) in [5.74, 6) is 2.23. The van der Waals surface area contributed by atoms with Crippen molar-refractivity contribution < 1.29 is 19.0 Å². The highest BCUT2D eigenvalue weighted by Gasteiger charge is 2.23. The van der Waals surface area contributed by atoms with Crippen LogP contribution in [-0.4, -0.2) is 38.2 Å². The summed E-state index contributed by atoms with van der Waals surface area (Å²) in [4.78, 5) is 14.5. The number of carbonyl (C=O) groups excluding carboxylic acids is 1. The Morgan fingerprint density at radius 2 is 1.57 bits per heavy atom. The van der Waals surface area contributed by atoms with Crippen LogP contribution in [0.1, 0.15) is 35.1 Å². The molecular formula is C23H27NO4. The Kier molecular flexibility index (Phi) is 5.42. The Hall–Kier alpha value is -2.69. The van der Waals surface area contributed by atoms with Crippen molar-refractivity contribution in [2.24, 2.45) is 0 Å². The first kappa shape index (κ1) is 18.7. The highest BCUT2D eigenvalue weighted by atomic mass is 16.5. The van der Waals surface area contributed by atoms with Crippen LogP contribution < -0.4 is 14.2 Å². The van der Waals surface area contributed by atoms with Crippen LogP contribution in [0.5, 0.6) is 17.2 Å². The first-order valence-corrected chi connectivity index (χ1v) is 9.94. The summed E-state index contributed by atoms with van der Waals surface area (Å²) in [6, 6.07) is 10.2. The molecule has 2 aromatic carbocycles. The lowest BCUT2D eigenvalue weighted by Crippen LogP contribution is -2.38. The predicted octanol–water partition coefficient (Wildman–Crippen LogP) is 3.55. The number of amides is 1. The molecule has 148 valence electrons. The average molecular weight is 381 g/mol. The van der Waals surface area contributed by atoms with E-state index < -0.39 is 0 Å². The molecule has 0 spiro atoms. The minimum Gasteiger partial charge on any atom is -0.493 e. The van der Waals surface area contributed by atoms with E-state index in [4.69, 9.17) is 14.2 Å². The Balaban J connectivity index is 1.40. The Morgan fingerprint density at radius 1 is 0.893 bits per heavy atom. The van der Waals surface area contributed by atoms with Gasteiger partial charge >= 0.3 is 0 Å². The molecule has 5 heteroatoms. The Bertz CT molecular complexity index is 877. The Labute approximate surface area is 166 Å². The molecule has 0 atom stereocenters. The van der Waals surface area contributed by atoms with E-state index in [1.54, 1.807) is 14.2 Å². The maximum atomic E-state index is 12.7. The smallest absolute Gasteiger partial charge is 0.260 e. The standard InChI is InChI=1S/C23H27NO4/c1-26-21-12-18-9-10-24(14-19(18)13-22(21)27-2)23(25)15-28-20-8-7-16-5-3-4-6-17(16)11-20/h7-8,11-13H,3-6,9-10,14-15H2,1-2H3. The molecule has 0 saturated carbocycles. The number of hydrogen-bond acceptors (Lipinski definition) is 4. The van der Waals surface area contributed by atoms with Crippen LogP contribution in [0.15, 0.2) is 30.3 Å². The number of ether oxygens (including phenoxy) is 3. The highest BCUT2D eigenvalue weighted by molar-refractivity contribution is 5.78. The molecule has 1 aliphatic heterocycles. The third-order valence-corrected chi connectivity index (χ3v) is 5.75. The van der Waals surface area contributed by atoms with Gasteiger partial charge in [0, 0.05) is 13.1 Å². The second-order valence-electron chi connectivity index (χ2n) is 7.47. The summed E-state index contributed by atoms with van der Waals surface area (Å²) in [6.07, 6.45) is 5.56. The summed E-state index contributed by atoms with van der Waals surface area (Å²) < 4.78 is 16.6. The number of aryl methyl sites for hydroxylation is 2. The van der Waals surface area contributed by atoms with Gasteiger partial charge in [0.2, 0.25) is 0 Å². The van der Waals surface area contributed by atoms with Gasteiger partial charge in [-0.05, 0) is 78.6 Å². The lowest BCUT2D eigenvalue weighted by molar-refractivity contribution is -0.134. The van der Waals surface area contributed by atoms with E-state index in [1.165, 1.54) is 29.5 Å². The third kappa shape index (κ3) is 3.79. The van der Waals surface area contributed by atoms with Crippen molar-refractivity contribution in [2.45, 2.75) is 38.6 Å². The summed E-state index contributed by atoms with van der Waals surface area (Å²) in [7, 11) is 3.27. The normalized spacial score (nSPS) is 15.4. The van der Waals surface area contributed by atoms with Crippen LogP contribution in [0.2, 0.25) is 0 Å². The van der Waals surface area contributed by atoms with Gasteiger partial charge in [-0.25, -0.2) is 0 Å². The fraction of sp³-hybridized carbons (Fsp3) is 0.435. The van der Waals surface area contributed by atoms with Gasteiger partial charge in [0.25, 0.3) is 5.91 Å². The molecule has 0 fully saturated rings. The molecule has 0 aromatic heterocycles. The highest BCUT2D eigenvalue weighted by Crippen LogP contribution is 2.33. The minimum absolute atomic E-state index is 0.0122. The van der Waals surface area contributed by atoms with Crippen LogP contribution in [0, 0.1) is 0 Å². The number of hydrogen-bond donors (Lipinski definition) is 0. The van der Waals surface area contributed by atoms with Crippen LogP contribution >= 0.6 is 0 Å². The molecule has 4 rings (SSSR count). The van der Waals surface area contributed by atoms with Crippen LogP contribution in [0.4, 0.5) is 0 Å². The summed E-state index contributed by atoms with van der Waals surface area (Å²) >= 11 is 0. The van der Waals surface area contributed by atoms with E-state index >= 15 is 0 Å². The van der Waals surface area contributed by atoms with E-state index in [1.807, 2.05) is 23.1 Å². The van der Waals surface area contributed by atoms with Gasteiger partial charge in [0.05, 0.1) is 14.2 Å². The van der Waals surface area contributed by atoms with Crippen LogP contribution in [-0.2, 0) is 30.6 Å². The molecule has 0 bridgehead atoms. The molecular weight excluding hydrogens is 354 g/mol. The summed E-state index contributed by atoms with van der Waals surface area (Å²) in [5.41, 5.74) is 5.09. The van der Waals surface area contributed by atoms with E-state index in [0.29, 0.717) is 18.8 Å². The van der Waals surface area contributed by atoms with Gasteiger partial charge in [-0.1, -0.05) is 6.07 Å². The van der Waals surface area contributed by atoms with Crippen molar-refractivity contribution >= 4 is 5.91 Å². The van der Waals surface area contributed by atoms with Crippen molar-refractivity contribution in [1.29, 1.82) is 0 Å². The largest absolute Gasteiger partial charge is 0.493 e. The molecule has 2 aromatic rings. The zero-order chi connectivity index (χ0) is 19.5. The molecule has 2 aliphatic rings.